The Kier molecular flexibility index (Phi) is 4.13. The van der Waals surface area contributed by atoms with Crippen LogP contribution in [-0.4, -0.2) is 5.91 Å². The zero-order valence-electron chi connectivity index (χ0n) is 10.3. The number of amides is 1. The van der Waals surface area contributed by atoms with Gasteiger partial charge in [-0.1, -0.05) is 54.6 Å². The molecule has 0 fully saturated rings. The molecule has 18 heavy (non-hydrogen) atoms. The van der Waals surface area contributed by atoms with Gasteiger partial charge in [-0.15, -0.1) is 0 Å². The Hall–Kier alpha value is -2.09. The van der Waals surface area contributed by atoms with Gasteiger partial charge in [0.15, 0.2) is 0 Å². The van der Waals surface area contributed by atoms with Gasteiger partial charge in [-0.2, -0.15) is 0 Å². The van der Waals surface area contributed by atoms with Gasteiger partial charge < -0.3 is 5.73 Å². The lowest BCUT2D eigenvalue weighted by molar-refractivity contribution is -0.117. The molecule has 2 rings (SSSR count). The van der Waals surface area contributed by atoms with Crippen molar-refractivity contribution in [3.63, 3.8) is 0 Å². The third-order valence-electron chi connectivity index (χ3n) is 2.90. The summed E-state index contributed by atoms with van der Waals surface area (Å²) in [6.07, 6.45) is 2.05. The minimum Gasteiger partial charge on any atom is -0.370 e. The number of aryl methyl sites for hydroxylation is 1. The van der Waals surface area contributed by atoms with Crippen LogP contribution in [0.2, 0.25) is 0 Å². The molecule has 0 aliphatic carbocycles. The first-order valence-electron chi connectivity index (χ1n) is 6.14. The second-order valence-corrected chi connectivity index (χ2v) is 4.45. The molecule has 0 radical (unpaired) electrons. The van der Waals surface area contributed by atoms with Crippen molar-refractivity contribution < 1.29 is 4.79 Å². The van der Waals surface area contributed by atoms with Gasteiger partial charge in [0.2, 0.25) is 5.91 Å². The van der Waals surface area contributed by atoms with Crippen LogP contribution >= 0.6 is 0 Å². The van der Waals surface area contributed by atoms with Crippen LogP contribution in [0.3, 0.4) is 0 Å². The lowest BCUT2D eigenvalue weighted by atomic mass is 10.0. The number of primary amides is 1. The van der Waals surface area contributed by atoms with Crippen LogP contribution in [0.15, 0.2) is 54.6 Å². The highest BCUT2D eigenvalue weighted by Gasteiger charge is 2.00. The van der Waals surface area contributed by atoms with Gasteiger partial charge in [-0.05, 0) is 29.5 Å². The maximum absolute atomic E-state index is 10.8. The molecular formula is C16H17NO. The highest BCUT2D eigenvalue weighted by Crippen LogP contribution is 2.12. The van der Waals surface area contributed by atoms with Crippen LogP contribution in [0.25, 0.3) is 0 Å². The summed E-state index contributed by atoms with van der Waals surface area (Å²) in [5, 5.41) is 0. The summed E-state index contributed by atoms with van der Waals surface area (Å²) in [5.41, 5.74) is 8.89. The fourth-order valence-corrected chi connectivity index (χ4v) is 1.99. The van der Waals surface area contributed by atoms with Crippen molar-refractivity contribution in [2.24, 2.45) is 5.73 Å². The molecule has 0 aliphatic rings. The molecule has 2 heteroatoms. The van der Waals surface area contributed by atoms with E-state index in [4.69, 9.17) is 5.73 Å². The topological polar surface area (TPSA) is 43.1 Å². The van der Waals surface area contributed by atoms with Gasteiger partial charge in [-0.25, -0.2) is 0 Å². The SMILES string of the molecule is NC(=O)CCc1cccc(Cc2ccccc2)c1. The minimum atomic E-state index is -0.247. The lowest BCUT2D eigenvalue weighted by Gasteiger charge is -2.05. The summed E-state index contributed by atoms with van der Waals surface area (Å²) in [6, 6.07) is 18.7. The van der Waals surface area contributed by atoms with Gasteiger partial charge in [0.05, 0.1) is 0 Å². The number of hydrogen-bond acceptors (Lipinski definition) is 1. The second kappa shape index (κ2) is 6.01. The monoisotopic (exact) mass is 239 g/mol. The van der Waals surface area contributed by atoms with E-state index in [9.17, 15) is 4.79 Å². The number of carbonyl (C=O) groups excluding carboxylic acids is 1. The van der Waals surface area contributed by atoms with Crippen molar-refractivity contribution in [1.29, 1.82) is 0 Å². The predicted octanol–water partition coefficient (Wildman–Crippen LogP) is 2.70. The minimum absolute atomic E-state index is 0.247. The summed E-state index contributed by atoms with van der Waals surface area (Å²) in [4.78, 5) is 10.8. The summed E-state index contributed by atoms with van der Waals surface area (Å²) < 4.78 is 0. The number of carbonyl (C=O) groups is 1. The first-order chi connectivity index (χ1) is 8.74. The molecule has 2 aromatic carbocycles. The number of rotatable bonds is 5. The van der Waals surface area contributed by atoms with Crippen LogP contribution in [0, 0.1) is 0 Å². The molecule has 0 saturated heterocycles. The van der Waals surface area contributed by atoms with Crippen molar-refractivity contribution in [3.8, 4) is 0 Å². The Bertz CT molecular complexity index is 520. The Morgan fingerprint density at radius 3 is 2.28 bits per heavy atom. The highest BCUT2D eigenvalue weighted by molar-refractivity contribution is 5.74. The van der Waals surface area contributed by atoms with Crippen molar-refractivity contribution >= 4 is 5.91 Å². The van der Waals surface area contributed by atoms with Crippen molar-refractivity contribution in [3.05, 3.63) is 71.3 Å². The molecule has 0 unspecified atom stereocenters. The first kappa shape index (κ1) is 12.4. The molecule has 1 amide bonds. The van der Waals surface area contributed by atoms with Gasteiger partial charge in [0.1, 0.15) is 0 Å². The summed E-state index contributed by atoms with van der Waals surface area (Å²) in [6.45, 7) is 0. The third-order valence-corrected chi connectivity index (χ3v) is 2.90. The van der Waals surface area contributed by atoms with E-state index in [0.29, 0.717) is 6.42 Å². The van der Waals surface area contributed by atoms with Gasteiger partial charge >= 0.3 is 0 Å². The lowest BCUT2D eigenvalue weighted by Crippen LogP contribution is -2.11. The molecule has 2 aromatic rings. The Morgan fingerprint density at radius 1 is 0.889 bits per heavy atom. The molecule has 0 saturated carbocycles. The molecule has 0 heterocycles. The largest absolute Gasteiger partial charge is 0.370 e. The normalized spacial score (nSPS) is 10.2. The maximum Gasteiger partial charge on any atom is 0.217 e. The highest BCUT2D eigenvalue weighted by atomic mass is 16.1. The average molecular weight is 239 g/mol. The second-order valence-electron chi connectivity index (χ2n) is 4.45. The van der Waals surface area contributed by atoms with Crippen LogP contribution in [0.1, 0.15) is 23.1 Å². The van der Waals surface area contributed by atoms with Crippen LogP contribution in [0.4, 0.5) is 0 Å². The van der Waals surface area contributed by atoms with E-state index in [1.165, 1.54) is 16.7 Å². The standard InChI is InChI=1S/C16H17NO/c17-16(18)10-9-14-7-4-8-15(12-14)11-13-5-2-1-3-6-13/h1-8,12H,9-11H2,(H2,17,18). The molecule has 0 aliphatic heterocycles. The first-order valence-corrected chi connectivity index (χ1v) is 6.14. The van der Waals surface area contributed by atoms with Crippen molar-refractivity contribution in [2.45, 2.75) is 19.3 Å². The quantitative estimate of drug-likeness (QED) is 0.856. The molecular weight excluding hydrogens is 222 g/mol. The van der Waals surface area contributed by atoms with Crippen molar-refractivity contribution in [1.82, 2.24) is 0 Å². The summed E-state index contributed by atoms with van der Waals surface area (Å²) in [7, 11) is 0. The Balaban J connectivity index is 2.05. The fraction of sp³-hybridized carbons (Fsp3) is 0.188. The summed E-state index contributed by atoms with van der Waals surface area (Å²) >= 11 is 0. The molecule has 2 nitrogen and oxygen atoms in total. The van der Waals surface area contributed by atoms with E-state index < -0.39 is 0 Å². The van der Waals surface area contributed by atoms with Gasteiger partial charge in [0, 0.05) is 6.42 Å². The fourth-order valence-electron chi connectivity index (χ4n) is 1.99. The van der Waals surface area contributed by atoms with Crippen LogP contribution in [-0.2, 0) is 17.6 Å². The number of benzene rings is 2. The molecule has 0 bridgehead atoms. The molecule has 0 atom stereocenters. The smallest absolute Gasteiger partial charge is 0.217 e. The Labute approximate surface area is 107 Å². The van der Waals surface area contributed by atoms with E-state index in [-0.39, 0.29) is 5.91 Å². The Morgan fingerprint density at radius 2 is 1.56 bits per heavy atom. The van der Waals surface area contributed by atoms with E-state index in [0.717, 1.165) is 12.8 Å². The van der Waals surface area contributed by atoms with E-state index in [1.807, 2.05) is 30.3 Å². The van der Waals surface area contributed by atoms with Crippen LogP contribution in [0.5, 0.6) is 0 Å². The molecule has 92 valence electrons. The number of nitrogens with two attached hydrogens (primary N) is 1. The zero-order valence-corrected chi connectivity index (χ0v) is 10.3. The summed E-state index contributed by atoms with van der Waals surface area (Å²) in [5.74, 6) is -0.247. The van der Waals surface area contributed by atoms with Crippen molar-refractivity contribution in [2.75, 3.05) is 0 Å². The molecule has 2 N–H and O–H groups in total. The maximum atomic E-state index is 10.8. The van der Waals surface area contributed by atoms with E-state index >= 15 is 0 Å². The van der Waals surface area contributed by atoms with Gasteiger partial charge in [-0.3, -0.25) is 4.79 Å². The van der Waals surface area contributed by atoms with Crippen LogP contribution < -0.4 is 5.73 Å². The third kappa shape index (κ3) is 3.74. The molecule has 0 aromatic heterocycles. The van der Waals surface area contributed by atoms with Gasteiger partial charge in [0.25, 0.3) is 0 Å². The predicted molar refractivity (Wildman–Crippen MR) is 73.2 cm³/mol. The molecule has 0 spiro atoms. The average Bonchev–Trinajstić information content (AvgIpc) is 2.38. The number of hydrogen-bond donors (Lipinski definition) is 1. The van der Waals surface area contributed by atoms with E-state index in [2.05, 4.69) is 24.3 Å². The van der Waals surface area contributed by atoms with E-state index in [1.54, 1.807) is 0 Å². The zero-order chi connectivity index (χ0) is 12.8.